The fourth-order valence-electron chi connectivity index (χ4n) is 2.04. The predicted octanol–water partition coefficient (Wildman–Crippen LogP) is 4.18. The van der Waals surface area contributed by atoms with E-state index in [-0.39, 0.29) is 17.5 Å². The minimum absolute atomic E-state index is 0.0584. The lowest BCUT2D eigenvalue weighted by Crippen LogP contribution is -2.31. The molecule has 0 aliphatic rings. The number of carbonyl (C=O) groups excluding carboxylic acids is 1. The minimum atomic E-state index is -0.541. The summed E-state index contributed by atoms with van der Waals surface area (Å²) in [6, 6.07) is 9.12. The van der Waals surface area contributed by atoms with Crippen LogP contribution in [0.5, 0.6) is 11.5 Å². The van der Waals surface area contributed by atoms with Crippen molar-refractivity contribution in [2.45, 2.75) is 6.54 Å². The quantitative estimate of drug-likeness (QED) is 0.764. The van der Waals surface area contributed by atoms with Gasteiger partial charge in [-0.2, -0.15) is 0 Å². The molecule has 0 bridgehead atoms. The molecule has 0 saturated heterocycles. The summed E-state index contributed by atoms with van der Waals surface area (Å²) in [5, 5.41) is 0.501. The average molecular weight is 372 g/mol. The Hall–Kier alpha value is -1.98. The van der Waals surface area contributed by atoms with Crippen LogP contribution in [0.2, 0.25) is 10.0 Å². The van der Waals surface area contributed by atoms with E-state index >= 15 is 0 Å². The first-order valence-electron chi connectivity index (χ1n) is 7.05. The Kier molecular flexibility index (Phi) is 6.29. The van der Waals surface area contributed by atoms with E-state index in [1.54, 1.807) is 32.4 Å². The number of methoxy groups -OCH3 is 1. The van der Waals surface area contributed by atoms with Crippen molar-refractivity contribution < 1.29 is 18.7 Å². The lowest BCUT2D eigenvalue weighted by molar-refractivity contribution is -0.132. The van der Waals surface area contributed by atoms with Crippen molar-refractivity contribution in [2.24, 2.45) is 0 Å². The Bertz CT molecular complexity index is 740. The number of benzene rings is 2. The van der Waals surface area contributed by atoms with Crippen molar-refractivity contribution in [3.63, 3.8) is 0 Å². The minimum Gasteiger partial charge on any atom is -0.496 e. The number of halogens is 3. The Labute approximate surface area is 149 Å². The van der Waals surface area contributed by atoms with Gasteiger partial charge in [0.05, 0.1) is 12.1 Å². The maximum absolute atomic E-state index is 13.1. The first-order valence-corrected chi connectivity index (χ1v) is 7.80. The van der Waals surface area contributed by atoms with E-state index in [0.29, 0.717) is 23.1 Å². The molecular formula is C17H16Cl2FNO3. The third-order valence-electron chi connectivity index (χ3n) is 3.33. The van der Waals surface area contributed by atoms with Gasteiger partial charge in [-0.1, -0.05) is 23.2 Å². The molecule has 0 atom stereocenters. The van der Waals surface area contributed by atoms with Crippen LogP contribution >= 0.6 is 23.2 Å². The molecule has 0 N–H and O–H groups in total. The molecule has 2 rings (SSSR count). The second kappa shape index (κ2) is 8.22. The lowest BCUT2D eigenvalue weighted by atomic mass is 10.2. The number of rotatable bonds is 6. The second-order valence-corrected chi connectivity index (χ2v) is 5.91. The molecule has 0 saturated carbocycles. The third kappa shape index (κ3) is 4.76. The zero-order valence-corrected chi connectivity index (χ0v) is 14.7. The number of hydrogen-bond acceptors (Lipinski definition) is 3. The molecule has 0 aliphatic heterocycles. The highest BCUT2D eigenvalue weighted by Gasteiger charge is 2.14. The number of likely N-dealkylation sites (N-methyl/N-ethyl adjacent to an activating group) is 1. The average Bonchev–Trinajstić information content (AvgIpc) is 2.55. The molecule has 2 aromatic carbocycles. The summed E-state index contributed by atoms with van der Waals surface area (Å²) < 4.78 is 23.7. The largest absolute Gasteiger partial charge is 0.496 e. The van der Waals surface area contributed by atoms with E-state index in [9.17, 15) is 9.18 Å². The van der Waals surface area contributed by atoms with Crippen molar-refractivity contribution in [1.82, 2.24) is 4.90 Å². The van der Waals surface area contributed by atoms with Crippen LogP contribution in [0.1, 0.15) is 5.56 Å². The predicted molar refractivity (Wildman–Crippen MR) is 91.4 cm³/mol. The maximum Gasteiger partial charge on any atom is 0.260 e. The second-order valence-electron chi connectivity index (χ2n) is 5.07. The molecular weight excluding hydrogens is 356 g/mol. The maximum atomic E-state index is 13.1. The highest BCUT2D eigenvalue weighted by Crippen LogP contribution is 2.24. The van der Waals surface area contributed by atoms with Crippen LogP contribution in [0, 0.1) is 5.82 Å². The molecule has 24 heavy (non-hydrogen) atoms. The standard InChI is InChI=1S/C17H16Cl2FNO3/c1-21(9-11-7-12(18)3-6-16(11)23-2)17(22)10-24-13-4-5-15(20)14(19)8-13/h3-8H,9-10H2,1-2H3. The van der Waals surface area contributed by atoms with Gasteiger partial charge in [-0.25, -0.2) is 4.39 Å². The van der Waals surface area contributed by atoms with Crippen molar-refractivity contribution in [2.75, 3.05) is 20.8 Å². The molecule has 0 radical (unpaired) electrons. The van der Waals surface area contributed by atoms with Gasteiger partial charge in [0.2, 0.25) is 0 Å². The van der Waals surface area contributed by atoms with Gasteiger partial charge in [0.1, 0.15) is 17.3 Å². The monoisotopic (exact) mass is 371 g/mol. The van der Waals surface area contributed by atoms with Gasteiger partial charge in [0, 0.05) is 30.2 Å². The zero-order valence-electron chi connectivity index (χ0n) is 13.2. The van der Waals surface area contributed by atoms with E-state index < -0.39 is 5.82 Å². The summed E-state index contributed by atoms with van der Waals surface area (Å²) in [4.78, 5) is 13.7. The highest BCUT2D eigenvalue weighted by molar-refractivity contribution is 6.31. The number of hydrogen-bond donors (Lipinski definition) is 0. The topological polar surface area (TPSA) is 38.8 Å². The van der Waals surface area contributed by atoms with Crippen LogP contribution in [0.25, 0.3) is 0 Å². The summed E-state index contributed by atoms with van der Waals surface area (Å²) in [5.74, 6) is 0.173. The van der Waals surface area contributed by atoms with Crippen LogP contribution in [0.4, 0.5) is 4.39 Å². The summed E-state index contributed by atoms with van der Waals surface area (Å²) in [6.45, 7) is 0.122. The molecule has 0 aromatic heterocycles. The van der Waals surface area contributed by atoms with Crippen molar-refractivity contribution in [3.8, 4) is 11.5 Å². The smallest absolute Gasteiger partial charge is 0.260 e. The van der Waals surface area contributed by atoms with Gasteiger partial charge in [0.25, 0.3) is 5.91 Å². The number of carbonyl (C=O) groups is 1. The molecule has 4 nitrogen and oxygen atoms in total. The zero-order chi connectivity index (χ0) is 17.7. The molecule has 0 fully saturated rings. The first kappa shape index (κ1) is 18.4. The molecule has 128 valence electrons. The van der Waals surface area contributed by atoms with Gasteiger partial charge in [0.15, 0.2) is 6.61 Å². The van der Waals surface area contributed by atoms with Gasteiger partial charge < -0.3 is 14.4 Å². The van der Waals surface area contributed by atoms with Gasteiger partial charge in [-0.15, -0.1) is 0 Å². The molecule has 0 aliphatic carbocycles. The summed E-state index contributed by atoms with van der Waals surface area (Å²) >= 11 is 11.6. The fourth-order valence-corrected chi connectivity index (χ4v) is 2.40. The molecule has 0 heterocycles. The van der Waals surface area contributed by atoms with Crippen LogP contribution in [0.15, 0.2) is 36.4 Å². The molecule has 2 aromatic rings. The van der Waals surface area contributed by atoms with Gasteiger partial charge >= 0.3 is 0 Å². The summed E-state index contributed by atoms with van der Waals surface area (Å²) in [6.07, 6.45) is 0. The number of nitrogens with zero attached hydrogens (tertiary/aromatic N) is 1. The molecule has 0 spiro atoms. The molecule has 0 unspecified atom stereocenters. The summed E-state index contributed by atoms with van der Waals surface area (Å²) in [7, 11) is 3.19. The van der Waals surface area contributed by atoms with Crippen LogP contribution in [-0.4, -0.2) is 31.6 Å². The van der Waals surface area contributed by atoms with E-state index in [1.807, 2.05) is 0 Å². The van der Waals surface area contributed by atoms with Crippen LogP contribution in [0.3, 0.4) is 0 Å². The SMILES string of the molecule is COc1ccc(Cl)cc1CN(C)C(=O)COc1ccc(F)c(Cl)c1. The highest BCUT2D eigenvalue weighted by atomic mass is 35.5. The van der Waals surface area contributed by atoms with Gasteiger partial charge in [-0.05, 0) is 30.3 Å². The van der Waals surface area contributed by atoms with Gasteiger partial charge in [-0.3, -0.25) is 4.79 Å². The third-order valence-corrected chi connectivity index (χ3v) is 3.85. The van der Waals surface area contributed by atoms with Crippen LogP contribution < -0.4 is 9.47 Å². The molecule has 7 heteroatoms. The first-order chi connectivity index (χ1) is 11.4. The fraction of sp³-hybridized carbons (Fsp3) is 0.235. The normalized spacial score (nSPS) is 10.4. The Balaban J connectivity index is 1.97. The Morgan fingerprint density at radius 3 is 2.62 bits per heavy atom. The van der Waals surface area contributed by atoms with E-state index in [0.717, 1.165) is 5.56 Å². The van der Waals surface area contributed by atoms with E-state index in [2.05, 4.69) is 0 Å². The van der Waals surface area contributed by atoms with E-state index in [4.69, 9.17) is 32.7 Å². The Morgan fingerprint density at radius 1 is 1.21 bits per heavy atom. The van der Waals surface area contributed by atoms with Crippen molar-refractivity contribution in [3.05, 3.63) is 57.8 Å². The van der Waals surface area contributed by atoms with Crippen LogP contribution in [-0.2, 0) is 11.3 Å². The van der Waals surface area contributed by atoms with Crippen molar-refractivity contribution >= 4 is 29.1 Å². The van der Waals surface area contributed by atoms with Crippen molar-refractivity contribution in [1.29, 1.82) is 0 Å². The summed E-state index contributed by atoms with van der Waals surface area (Å²) in [5.41, 5.74) is 0.783. The van der Waals surface area contributed by atoms with E-state index in [1.165, 1.54) is 23.1 Å². The molecule has 1 amide bonds. The number of amides is 1. The lowest BCUT2D eigenvalue weighted by Gasteiger charge is -2.19. The number of ether oxygens (including phenoxy) is 2. The Morgan fingerprint density at radius 2 is 1.96 bits per heavy atom.